The lowest BCUT2D eigenvalue weighted by Crippen LogP contribution is -2.32. The molecule has 160 valence electrons. The molecule has 3 aromatic heterocycles. The second-order valence-corrected chi connectivity index (χ2v) is 7.89. The molecule has 1 aliphatic rings. The Morgan fingerprint density at radius 3 is 2.70 bits per heavy atom. The Morgan fingerprint density at radius 1 is 1.30 bits per heavy atom. The Labute approximate surface area is 172 Å². The normalized spacial score (nSPS) is 17.8. The van der Waals surface area contributed by atoms with Crippen LogP contribution in [0.15, 0.2) is 30.6 Å². The molecule has 0 radical (unpaired) electrons. The van der Waals surface area contributed by atoms with Crippen LogP contribution in [0.1, 0.15) is 48.7 Å². The van der Waals surface area contributed by atoms with E-state index in [1.807, 2.05) is 13.0 Å². The summed E-state index contributed by atoms with van der Waals surface area (Å²) in [5.74, 6) is -1.50. The lowest BCUT2D eigenvalue weighted by atomic mass is 9.92. The summed E-state index contributed by atoms with van der Waals surface area (Å²) >= 11 is 0. The molecule has 10 heteroatoms. The fourth-order valence-electron chi connectivity index (χ4n) is 3.67. The molecule has 3 heterocycles. The molecule has 1 atom stereocenters. The minimum absolute atomic E-state index is 0.0852. The van der Waals surface area contributed by atoms with Gasteiger partial charge >= 0.3 is 0 Å². The SMILES string of the molecule is Cc1ccn(-c2cc(C(O)Cc3cnnn3C)cc(NC3CCC(F)(F)CC3)n2)n1. The Kier molecular flexibility index (Phi) is 5.50. The van der Waals surface area contributed by atoms with Gasteiger partial charge < -0.3 is 10.4 Å². The summed E-state index contributed by atoms with van der Waals surface area (Å²) in [5.41, 5.74) is 2.28. The van der Waals surface area contributed by atoms with Gasteiger partial charge in [0, 0.05) is 38.5 Å². The maximum Gasteiger partial charge on any atom is 0.248 e. The molecule has 1 unspecified atom stereocenters. The topological polar surface area (TPSA) is 93.7 Å². The van der Waals surface area contributed by atoms with Gasteiger partial charge in [-0.2, -0.15) is 5.10 Å². The van der Waals surface area contributed by atoms with Gasteiger partial charge in [0.05, 0.1) is 23.7 Å². The number of aryl methyl sites for hydroxylation is 2. The number of pyridine rings is 1. The van der Waals surface area contributed by atoms with E-state index >= 15 is 0 Å². The molecule has 0 aromatic carbocycles. The van der Waals surface area contributed by atoms with Crippen molar-refractivity contribution in [3.63, 3.8) is 0 Å². The highest BCUT2D eigenvalue weighted by Crippen LogP contribution is 2.34. The van der Waals surface area contributed by atoms with E-state index in [0.717, 1.165) is 11.4 Å². The smallest absolute Gasteiger partial charge is 0.248 e. The number of nitrogens with zero attached hydrogens (tertiary/aromatic N) is 6. The van der Waals surface area contributed by atoms with Gasteiger partial charge in [0.25, 0.3) is 0 Å². The van der Waals surface area contributed by atoms with E-state index in [1.165, 1.54) is 0 Å². The van der Waals surface area contributed by atoms with Crippen LogP contribution in [0.25, 0.3) is 5.82 Å². The van der Waals surface area contributed by atoms with Crippen LogP contribution in [-0.4, -0.2) is 46.8 Å². The Balaban J connectivity index is 1.60. The summed E-state index contributed by atoms with van der Waals surface area (Å²) in [7, 11) is 1.77. The van der Waals surface area contributed by atoms with E-state index in [9.17, 15) is 13.9 Å². The molecule has 0 bridgehead atoms. The highest BCUT2D eigenvalue weighted by Gasteiger charge is 2.35. The van der Waals surface area contributed by atoms with Crippen LogP contribution in [-0.2, 0) is 13.5 Å². The van der Waals surface area contributed by atoms with E-state index < -0.39 is 12.0 Å². The first-order chi connectivity index (χ1) is 14.3. The third-order valence-corrected chi connectivity index (χ3v) is 5.46. The molecule has 0 spiro atoms. The second kappa shape index (κ2) is 8.10. The van der Waals surface area contributed by atoms with Crippen molar-refractivity contribution in [1.29, 1.82) is 0 Å². The Bertz CT molecular complexity index is 1010. The predicted molar refractivity (Wildman–Crippen MR) is 107 cm³/mol. The first-order valence-electron chi connectivity index (χ1n) is 10.00. The van der Waals surface area contributed by atoms with Crippen LogP contribution in [0.4, 0.5) is 14.6 Å². The molecule has 0 amide bonds. The Hall–Kier alpha value is -2.88. The number of hydrogen-bond donors (Lipinski definition) is 2. The summed E-state index contributed by atoms with van der Waals surface area (Å²) in [5, 5.41) is 26.3. The van der Waals surface area contributed by atoms with Crippen molar-refractivity contribution in [2.75, 3.05) is 5.32 Å². The van der Waals surface area contributed by atoms with E-state index in [4.69, 9.17) is 0 Å². The maximum atomic E-state index is 13.5. The van der Waals surface area contributed by atoms with Gasteiger partial charge in [-0.05, 0) is 43.5 Å². The first-order valence-corrected chi connectivity index (χ1v) is 10.00. The molecule has 30 heavy (non-hydrogen) atoms. The van der Waals surface area contributed by atoms with Crippen molar-refractivity contribution in [2.45, 2.75) is 57.1 Å². The maximum absolute atomic E-state index is 13.5. The molecule has 1 saturated carbocycles. The summed E-state index contributed by atoms with van der Waals surface area (Å²) in [6, 6.07) is 5.32. The summed E-state index contributed by atoms with van der Waals surface area (Å²) in [6.45, 7) is 1.88. The summed E-state index contributed by atoms with van der Waals surface area (Å²) < 4.78 is 30.2. The van der Waals surface area contributed by atoms with Crippen LogP contribution in [0.5, 0.6) is 0 Å². The molecule has 2 N–H and O–H groups in total. The predicted octanol–water partition coefficient (Wildman–Crippen LogP) is 2.97. The zero-order chi connectivity index (χ0) is 21.3. The molecule has 8 nitrogen and oxygen atoms in total. The monoisotopic (exact) mass is 417 g/mol. The molecule has 4 rings (SSSR count). The second-order valence-electron chi connectivity index (χ2n) is 7.89. The van der Waals surface area contributed by atoms with E-state index in [-0.39, 0.29) is 18.9 Å². The molecular weight excluding hydrogens is 392 g/mol. The van der Waals surface area contributed by atoms with Gasteiger partial charge in [0.1, 0.15) is 5.82 Å². The van der Waals surface area contributed by atoms with Crippen molar-refractivity contribution >= 4 is 5.82 Å². The minimum Gasteiger partial charge on any atom is -0.388 e. The molecule has 0 saturated heterocycles. The van der Waals surface area contributed by atoms with Gasteiger partial charge in [-0.3, -0.25) is 4.68 Å². The highest BCUT2D eigenvalue weighted by atomic mass is 19.3. The lowest BCUT2D eigenvalue weighted by Gasteiger charge is -2.29. The van der Waals surface area contributed by atoms with Crippen molar-refractivity contribution in [1.82, 2.24) is 29.8 Å². The fraction of sp³-hybridized carbons (Fsp3) is 0.500. The zero-order valence-electron chi connectivity index (χ0n) is 17.0. The largest absolute Gasteiger partial charge is 0.388 e. The number of nitrogens with one attached hydrogen (secondary N) is 1. The molecule has 3 aromatic rings. The van der Waals surface area contributed by atoms with Crippen molar-refractivity contribution < 1.29 is 13.9 Å². The molecule has 1 fully saturated rings. The zero-order valence-corrected chi connectivity index (χ0v) is 17.0. The number of anilines is 1. The molecular formula is C20H25F2N7O. The van der Waals surface area contributed by atoms with Gasteiger partial charge in [0.2, 0.25) is 5.92 Å². The summed E-state index contributed by atoms with van der Waals surface area (Å²) in [6.07, 6.45) is 3.42. The van der Waals surface area contributed by atoms with Crippen molar-refractivity contribution in [2.24, 2.45) is 7.05 Å². The number of aliphatic hydroxyl groups is 1. The average Bonchev–Trinajstić information content (AvgIpc) is 3.32. The number of alkyl halides is 2. The van der Waals surface area contributed by atoms with Gasteiger partial charge in [-0.15, -0.1) is 5.10 Å². The van der Waals surface area contributed by atoms with Crippen molar-refractivity contribution in [3.8, 4) is 5.82 Å². The quantitative estimate of drug-likeness (QED) is 0.641. The van der Waals surface area contributed by atoms with Gasteiger partial charge in [-0.25, -0.2) is 18.4 Å². The van der Waals surface area contributed by atoms with E-state index in [1.54, 1.807) is 40.9 Å². The van der Waals surface area contributed by atoms with Crippen LogP contribution >= 0.6 is 0 Å². The summed E-state index contributed by atoms with van der Waals surface area (Å²) in [4.78, 5) is 4.61. The van der Waals surface area contributed by atoms with E-state index in [0.29, 0.717) is 36.5 Å². The van der Waals surface area contributed by atoms with Crippen molar-refractivity contribution in [3.05, 3.63) is 47.5 Å². The lowest BCUT2D eigenvalue weighted by molar-refractivity contribution is -0.0361. The van der Waals surface area contributed by atoms with Gasteiger partial charge in [0.15, 0.2) is 5.82 Å². The minimum atomic E-state index is -2.58. The highest BCUT2D eigenvalue weighted by molar-refractivity contribution is 5.45. The van der Waals surface area contributed by atoms with Crippen LogP contribution in [0, 0.1) is 6.92 Å². The number of aliphatic hydroxyl groups excluding tert-OH is 1. The van der Waals surface area contributed by atoms with Crippen LogP contribution in [0.3, 0.4) is 0 Å². The fourth-order valence-corrected chi connectivity index (χ4v) is 3.67. The average molecular weight is 417 g/mol. The number of halogens is 2. The van der Waals surface area contributed by atoms with E-state index in [2.05, 4.69) is 25.7 Å². The number of hydrogen-bond acceptors (Lipinski definition) is 6. The Morgan fingerprint density at radius 2 is 2.07 bits per heavy atom. The molecule has 1 aliphatic carbocycles. The first kappa shape index (κ1) is 20.4. The molecule has 0 aliphatic heterocycles. The third kappa shape index (κ3) is 4.64. The number of rotatable bonds is 6. The number of aromatic nitrogens is 6. The van der Waals surface area contributed by atoms with Crippen LogP contribution in [0.2, 0.25) is 0 Å². The van der Waals surface area contributed by atoms with Gasteiger partial charge in [-0.1, -0.05) is 5.21 Å². The standard InChI is InChI=1S/C20H25F2N7O/c1-13-5-8-29(26-13)19-10-14(17(30)11-16-12-23-27-28(16)2)9-18(25-19)24-15-3-6-20(21,22)7-4-15/h5,8-10,12,15,17,30H,3-4,6-7,11H2,1-2H3,(H,24,25). The van der Waals surface area contributed by atoms with Crippen LogP contribution < -0.4 is 5.32 Å². The third-order valence-electron chi connectivity index (χ3n) is 5.46.